The summed E-state index contributed by atoms with van der Waals surface area (Å²) in [5.41, 5.74) is 1.19. The first-order valence-corrected chi connectivity index (χ1v) is 11.9. The monoisotopic (exact) mass is 429 g/mol. The lowest BCUT2D eigenvalue weighted by molar-refractivity contribution is -0.121. The number of benzene rings is 1. The molecule has 7 nitrogen and oxygen atoms in total. The Hall–Kier alpha value is -2.06. The molecule has 2 fully saturated rings. The zero-order valence-electron chi connectivity index (χ0n) is 17.6. The number of carbonyl (C=O) groups is 1. The van der Waals surface area contributed by atoms with Crippen molar-refractivity contribution in [2.75, 3.05) is 31.2 Å². The number of rotatable bonds is 7. The molecule has 162 valence electrons. The maximum Gasteiger partial charge on any atom is 0.233 e. The summed E-state index contributed by atoms with van der Waals surface area (Å²) in [6.07, 6.45) is 5.88. The van der Waals surface area contributed by atoms with E-state index in [1.54, 1.807) is 0 Å². The molecule has 1 aromatic heterocycles. The van der Waals surface area contributed by atoms with Gasteiger partial charge < -0.3 is 15.0 Å². The van der Waals surface area contributed by atoms with Crippen molar-refractivity contribution in [1.82, 2.24) is 20.1 Å². The van der Waals surface area contributed by atoms with Gasteiger partial charge >= 0.3 is 0 Å². The van der Waals surface area contributed by atoms with Crippen molar-refractivity contribution in [1.29, 1.82) is 0 Å². The van der Waals surface area contributed by atoms with Gasteiger partial charge in [0.05, 0.1) is 25.0 Å². The molecule has 1 aliphatic heterocycles. The van der Waals surface area contributed by atoms with Crippen LogP contribution in [0.3, 0.4) is 0 Å². The number of amides is 1. The van der Waals surface area contributed by atoms with E-state index in [4.69, 9.17) is 4.74 Å². The minimum Gasteiger partial charge on any atom is -0.378 e. The third kappa shape index (κ3) is 5.35. The van der Waals surface area contributed by atoms with Crippen LogP contribution in [0.5, 0.6) is 0 Å². The van der Waals surface area contributed by atoms with Gasteiger partial charge in [0, 0.05) is 19.1 Å². The minimum atomic E-state index is -0.219. The van der Waals surface area contributed by atoms with Gasteiger partial charge in [0.25, 0.3) is 0 Å². The number of thioether (sulfide) groups is 1. The molecule has 4 rings (SSSR count). The van der Waals surface area contributed by atoms with Crippen LogP contribution in [0.1, 0.15) is 44.6 Å². The first-order valence-electron chi connectivity index (χ1n) is 11.0. The average Bonchev–Trinajstić information content (AvgIpc) is 3.17. The van der Waals surface area contributed by atoms with E-state index >= 15 is 0 Å². The fraction of sp³-hybridized carbons (Fsp3) is 0.591. The highest BCUT2D eigenvalue weighted by Gasteiger charge is 2.25. The van der Waals surface area contributed by atoms with Gasteiger partial charge in [-0.1, -0.05) is 61.4 Å². The maximum absolute atomic E-state index is 12.8. The van der Waals surface area contributed by atoms with Gasteiger partial charge in [0.2, 0.25) is 11.9 Å². The number of aromatic nitrogens is 3. The molecule has 1 atom stereocenters. The third-order valence-corrected chi connectivity index (χ3v) is 6.86. The van der Waals surface area contributed by atoms with E-state index in [2.05, 4.69) is 37.1 Å². The molecule has 0 unspecified atom stereocenters. The second kappa shape index (κ2) is 10.3. The van der Waals surface area contributed by atoms with Crippen LogP contribution in [0.25, 0.3) is 0 Å². The summed E-state index contributed by atoms with van der Waals surface area (Å²) in [7, 11) is 0. The number of nitrogens with one attached hydrogen (secondary N) is 1. The molecule has 8 heteroatoms. The summed E-state index contributed by atoms with van der Waals surface area (Å²) in [6.45, 7) is 5.63. The zero-order valence-corrected chi connectivity index (χ0v) is 18.4. The molecule has 2 aliphatic rings. The molecular weight excluding hydrogens is 398 g/mol. The van der Waals surface area contributed by atoms with Crippen LogP contribution in [0.4, 0.5) is 5.95 Å². The van der Waals surface area contributed by atoms with Gasteiger partial charge in [-0.15, -0.1) is 10.2 Å². The quantitative estimate of drug-likeness (QED) is 0.682. The van der Waals surface area contributed by atoms with E-state index in [1.165, 1.54) is 36.6 Å². The van der Waals surface area contributed by atoms with Gasteiger partial charge in [0.1, 0.15) is 0 Å². The lowest BCUT2D eigenvalue weighted by Gasteiger charge is -2.28. The van der Waals surface area contributed by atoms with E-state index in [1.807, 2.05) is 25.1 Å². The summed E-state index contributed by atoms with van der Waals surface area (Å²) in [5.74, 6) is 0.943. The van der Waals surface area contributed by atoms with Crippen LogP contribution in [0.15, 0.2) is 35.5 Å². The van der Waals surface area contributed by atoms with Gasteiger partial charge in [0.15, 0.2) is 5.16 Å². The summed E-state index contributed by atoms with van der Waals surface area (Å²) in [4.78, 5) is 15.0. The van der Waals surface area contributed by atoms with Crippen molar-refractivity contribution in [2.24, 2.45) is 0 Å². The predicted molar refractivity (Wildman–Crippen MR) is 119 cm³/mol. The van der Waals surface area contributed by atoms with Crippen LogP contribution in [0.2, 0.25) is 0 Å². The van der Waals surface area contributed by atoms with E-state index in [-0.39, 0.29) is 11.2 Å². The third-order valence-electron chi connectivity index (χ3n) is 5.78. The Morgan fingerprint density at radius 1 is 1.17 bits per heavy atom. The van der Waals surface area contributed by atoms with E-state index in [0.29, 0.717) is 25.8 Å². The van der Waals surface area contributed by atoms with Gasteiger partial charge in [-0.2, -0.15) is 0 Å². The first-order chi connectivity index (χ1) is 14.7. The molecule has 1 N–H and O–H groups in total. The number of hydrogen-bond donors (Lipinski definition) is 1. The van der Waals surface area contributed by atoms with Crippen LogP contribution in [0, 0.1) is 0 Å². The fourth-order valence-electron chi connectivity index (χ4n) is 4.05. The molecule has 30 heavy (non-hydrogen) atoms. The van der Waals surface area contributed by atoms with Crippen molar-refractivity contribution < 1.29 is 9.53 Å². The largest absolute Gasteiger partial charge is 0.378 e. The van der Waals surface area contributed by atoms with E-state index in [9.17, 15) is 4.79 Å². The van der Waals surface area contributed by atoms with Crippen LogP contribution >= 0.6 is 11.8 Å². The number of hydrogen-bond acceptors (Lipinski definition) is 6. The van der Waals surface area contributed by atoms with Gasteiger partial charge in [-0.05, 0) is 25.3 Å². The van der Waals surface area contributed by atoms with Crippen LogP contribution in [-0.2, 0) is 16.1 Å². The molecule has 1 saturated heterocycles. The molecule has 1 aliphatic carbocycles. The van der Waals surface area contributed by atoms with Crippen molar-refractivity contribution in [2.45, 2.75) is 62.0 Å². The number of ether oxygens (including phenoxy) is 1. The maximum atomic E-state index is 12.8. The summed E-state index contributed by atoms with van der Waals surface area (Å²) in [5, 5.41) is 12.8. The molecule has 0 bridgehead atoms. The lowest BCUT2D eigenvalue weighted by Crippen LogP contribution is -2.40. The van der Waals surface area contributed by atoms with Gasteiger partial charge in [-0.3, -0.25) is 9.36 Å². The lowest BCUT2D eigenvalue weighted by atomic mass is 9.95. The Kier molecular flexibility index (Phi) is 7.28. The smallest absolute Gasteiger partial charge is 0.233 e. The SMILES string of the molecule is C[C@@H](Sc1nnc(N2CCOCC2)n1Cc1ccccc1)C(=O)NC1CCCCC1. The minimum absolute atomic E-state index is 0.0917. The van der Waals surface area contributed by atoms with E-state index in [0.717, 1.165) is 37.0 Å². The number of carbonyl (C=O) groups excluding carboxylic acids is 1. The summed E-state index contributed by atoms with van der Waals surface area (Å²) in [6, 6.07) is 10.6. The summed E-state index contributed by atoms with van der Waals surface area (Å²) < 4.78 is 7.63. The van der Waals surface area contributed by atoms with E-state index < -0.39 is 0 Å². The standard InChI is InChI=1S/C22H31N5O2S/c1-17(20(28)23-19-10-6-3-7-11-19)30-22-25-24-21(26-12-14-29-15-13-26)27(22)16-18-8-4-2-5-9-18/h2,4-5,8-9,17,19H,3,6-7,10-16H2,1H3,(H,23,28)/t17-/m1/s1. The topological polar surface area (TPSA) is 72.3 Å². The average molecular weight is 430 g/mol. The highest BCUT2D eigenvalue weighted by Crippen LogP contribution is 2.28. The molecule has 0 spiro atoms. The fourth-order valence-corrected chi connectivity index (χ4v) is 4.90. The van der Waals surface area contributed by atoms with Crippen molar-refractivity contribution in [3.63, 3.8) is 0 Å². The highest BCUT2D eigenvalue weighted by atomic mass is 32.2. The predicted octanol–water partition coefficient (Wildman–Crippen LogP) is 3.09. The Morgan fingerprint density at radius 3 is 2.63 bits per heavy atom. The Balaban J connectivity index is 1.49. The van der Waals surface area contributed by atoms with Crippen LogP contribution in [-0.4, -0.2) is 58.3 Å². The molecule has 1 saturated carbocycles. The zero-order chi connectivity index (χ0) is 20.8. The van der Waals surface area contributed by atoms with Crippen molar-refractivity contribution >= 4 is 23.6 Å². The Labute approximate surface area is 182 Å². The summed E-state index contributed by atoms with van der Waals surface area (Å²) >= 11 is 1.49. The second-order valence-electron chi connectivity index (χ2n) is 8.06. The first kappa shape index (κ1) is 21.2. The molecule has 1 amide bonds. The number of nitrogens with zero attached hydrogens (tertiary/aromatic N) is 4. The number of morpholine rings is 1. The number of anilines is 1. The second-order valence-corrected chi connectivity index (χ2v) is 9.37. The van der Waals surface area contributed by atoms with Crippen molar-refractivity contribution in [3.8, 4) is 0 Å². The molecule has 2 aromatic rings. The highest BCUT2D eigenvalue weighted by molar-refractivity contribution is 8.00. The van der Waals surface area contributed by atoms with Crippen molar-refractivity contribution in [3.05, 3.63) is 35.9 Å². The Bertz CT molecular complexity index is 816. The molecule has 2 heterocycles. The normalized spacial score (nSPS) is 18.9. The molecule has 1 aromatic carbocycles. The van der Waals surface area contributed by atoms with Gasteiger partial charge in [-0.25, -0.2) is 0 Å². The molecule has 0 radical (unpaired) electrons. The molecular formula is C22H31N5O2S. The Morgan fingerprint density at radius 2 is 1.90 bits per heavy atom. The van der Waals surface area contributed by atoms with Crippen LogP contribution < -0.4 is 10.2 Å².